The second-order valence-corrected chi connectivity index (χ2v) is 3.33. The fourth-order valence-corrected chi connectivity index (χ4v) is 1.77. The molecule has 0 aromatic heterocycles. The molecule has 2 rings (SSSR count). The Morgan fingerprint density at radius 3 is 2.82 bits per heavy atom. The lowest BCUT2D eigenvalue weighted by Crippen LogP contribution is -2.00. The summed E-state index contributed by atoms with van der Waals surface area (Å²) in [4.78, 5) is 0. The summed E-state index contributed by atoms with van der Waals surface area (Å²) >= 11 is 0. The zero-order chi connectivity index (χ0) is 7.84. The number of fused-ring (bicyclic) bond motifs is 1. The van der Waals surface area contributed by atoms with Crippen LogP contribution in [0.5, 0.6) is 0 Å². The summed E-state index contributed by atoms with van der Waals surface area (Å²) < 4.78 is 0. The van der Waals surface area contributed by atoms with E-state index in [0.717, 1.165) is 12.0 Å². The van der Waals surface area contributed by atoms with Gasteiger partial charge in [0.1, 0.15) is 0 Å². The molecule has 1 N–H and O–H groups in total. The molecule has 1 nitrogen and oxygen atoms in total. The van der Waals surface area contributed by atoms with Crippen molar-refractivity contribution in [3.05, 3.63) is 35.4 Å². The van der Waals surface area contributed by atoms with Gasteiger partial charge in [0, 0.05) is 0 Å². The Balaban J connectivity index is 2.47. The SMILES string of the molecule is C[C@H]1Cc2ccccc2[C@H]1O. The minimum absolute atomic E-state index is 0.230. The number of aliphatic hydroxyl groups excluding tert-OH is 1. The third-order valence-corrected chi connectivity index (χ3v) is 2.45. The first-order valence-corrected chi connectivity index (χ1v) is 4.05. The van der Waals surface area contributed by atoms with Crippen molar-refractivity contribution in [1.82, 2.24) is 0 Å². The third kappa shape index (κ3) is 0.962. The Bertz CT molecular complexity index is 267. The molecule has 0 spiro atoms. The van der Waals surface area contributed by atoms with Gasteiger partial charge >= 0.3 is 0 Å². The zero-order valence-corrected chi connectivity index (χ0v) is 6.62. The maximum Gasteiger partial charge on any atom is 0.0821 e. The highest BCUT2D eigenvalue weighted by Gasteiger charge is 2.26. The standard InChI is InChI=1S/C10H12O/c1-7-6-8-4-2-3-5-9(8)10(7)11/h2-5,7,10-11H,6H2,1H3/t7-,10-/m0/s1. The molecule has 0 aliphatic heterocycles. The predicted molar refractivity (Wildman–Crippen MR) is 44.3 cm³/mol. The van der Waals surface area contributed by atoms with Crippen molar-refractivity contribution < 1.29 is 5.11 Å². The van der Waals surface area contributed by atoms with Gasteiger partial charge in [-0.1, -0.05) is 31.2 Å². The highest BCUT2D eigenvalue weighted by molar-refractivity contribution is 5.34. The fourth-order valence-electron chi connectivity index (χ4n) is 1.77. The summed E-state index contributed by atoms with van der Waals surface area (Å²) in [5.74, 6) is 0.396. The quantitative estimate of drug-likeness (QED) is 0.596. The van der Waals surface area contributed by atoms with E-state index in [-0.39, 0.29) is 6.10 Å². The van der Waals surface area contributed by atoms with Crippen LogP contribution in [0.15, 0.2) is 24.3 Å². The average Bonchev–Trinajstić information content (AvgIpc) is 2.30. The molecular weight excluding hydrogens is 136 g/mol. The lowest BCUT2D eigenvalue weighted by molar-refractivity contribution is 0.133. The molecule has 58 valence electrons. The van der Waals surface area contributed by atoms with Crippen molar-refractivity contribution in [2.75, 3.05) is 0 Å². The van der Waals surface area contributed by atoms with Gasteiger partial charge in [-0.15, -0.1) is 0 Å². The molecule has 0 radical (unpaired) electrons. The van der Waals surface area contributed by atoms with Gasteiger partial charge in [0.25, 0.3) is 0 Å². The minimum Gasteiger partial charge on any atom is -0.388 e. The highest BCUT2D eigenvalue weighted by Crippen LogP contribution is 2.34. The van der Waals surface area contributed by atoms with E-state index in [9.17, 15) is 5.11 Å². The summed E-state index contributed by atoms with van der Waals surface area (Å²) in [6, 6.07) is 8.13. The first kappa shape index (κ1) is 6.86. The first-order chi connectivity index (χ1) is 5.29. The number of benzene rings is 1. The molecule has 0 saturated carbocycles. The van der Waals surface area contributed by atoms with E-state index in [0.29, 0.717) is 5.92 Å². The smallest absolute Gasteiger partial charge is 0.0821 e. The molecule has 0 bridgehead atoms. The summed E-state index contributed by atoms with van der Waals surface area (Å²) in [7, 11) is 0. The van der Waals surface area contributed by atoms with Crippen LogP contribution < -0.4 is 0 Å². The Hall–Kier alpha value is -0.820. The Morgan fingerprint density at radius 1 is 1.36 bits per heavy atom. The van der Waals surface area contributed by atoms with E-state index >= 15 is 0 Å². The molecule has 1 aliphatic carbocycles. The molecule has 1 aliphatic rings. The summed E-state index contributed by atoms with van der Waals surface area (Å²) in [6.07, 6.45) is 0.795. The normalized spacial score (nSPS) is 28.5. The van der Waals surface area contributed by atoms with E-state index in [1.807, 2.05) is 18.2 Å². The Labute approximate surface area is 66.7 Å². The number of aliphatic hydroxyl groups is 1. The number of hydrogen-bond donors (Lipinski definition) is 1. The van der Waals surface area contributed by atoms with Crippen LogP contribution in [0.25, 0.3) is 0 Å². The van der Waals surface area contributed by atoms with Crippen molar-refractivity contribution >= 4 is 0 Å². The first-order valence-electron chi connectivity index (χ1n) is 4.05. The van der Waals surface area contributed by atoms with Gasteiger partial charge < -0.3 is 5.11 Å². The topological polar surface area (TPSA) is 20.2 Å². The van der Waals surface area contributed by atoms with E-state index in [1.165, 1.54) is 5.56 Å². The third-order valence-electron chi connectivity index (χ3n) is 2.45. The maximum absolute atomic E-state index is 9.65. The van der Waals surface area contributed by atoms with Crippen LogP contribution in [0.2, 0.25) is 0 Å². The van der Waals surface area contributed by atoms with Crippen molar-refractivity contribution in [1.29, 1.82) is 0 Å². The summed E-state index contributed by atoms with van der Waals surface area (Å²) in [6.45, 7) is 2.09. The molecule has 0 fully saturated rings. The molecule has 0 unspecified atom stereocenters. The van der Waals surface area contributed by atoms with Crippen molar-refractivity contribution in [2.24, 2.45) is 5.92 Å². The molecular formula is C10H12O. The van der Waals surface area contributed by atoms with Crippen molar-refractivity contribution in [3.8, 4) is 0 Å². The monoisotopic (exact) mass is 148 g/mol. The van der Waals surface area contributed by atoms with Crippen molar-refractivity contribution in [3.63, 3.8) is 0 Å². The number of rotatable bonds is 0. The zero-order valence-electron chi connectivity index (χ0n) is 6.62. The molecule has 0 amide bonds. The van der Waals surface area contributed by atoms with Gasteiger partial charge in [0.15, 0.2) is 0 Å². The van der Waals surface area contributed by atoms with Crippen LogP contribution in [-0.4, -0.2) is 5.11 Å². The van der Waals surface area contributed by atoms with Crippen LogP contribution in [0.4, 0.5) is 0 Å². The molecule has 0 heterocycles. The molecule has 11 heavy (non-hydrogen) atoms. The molecule has 0 saturated heterocycles. The molecule has 2 atom stereocenters. The van der Waals surface area contributed by atoms with Gasteiger partial charge in [-0.05, 0) is 23.5 Å². The van der Waals surface area contributed by atoms with Gasteiger partial charge in [-0.25, -0.2) is 0 Å². The van der Waals surface area contributed by atoms with E-state index < -0.39 is 0 Å². The van der Waals surface area contributed by atoms with Crippen LogP contribution >= 0.6 is 0 Å². The predicted octanol–water partition coefficient (Wildman–Crippen LogP) is 1.91. The molecule has 1 aromatic carbocycles. The average molecular weight is 148 g/mol. The maximum atomic E-state index is 9.65. The minimum atomic E-state index is -0.230. The molecule has 1 aromatic rings. The highest BCUT2D eigenvalue weighted by atomic mass is 16.3. The van der Waals surface area contributed by atoms with Crippen LogP contribution in [0, 0.1) is 5.92 Å². The second-order valence-electron chi connectivity index (χ2n) is 3.33. The van der Waals surface area contributed by atoms with Crippen LogP contribution in [-0.2, 0) is 6.42 Å². The van der Waals surface area contributed by atoms with Gasteiger partial charge in [0.2, 0.25) is 0 Å². The van der Waals surface area contributed by atoms with Crippen LogP contribution in [0.1, 0.15) is 24.2 Å². The lowest BCUT2D eigenvalue weighted by atomic mass is 10.1. The van der Waals surface area contributed by atoms with E-state index in [1.54, 1.807) is 0 Å². The number of hydrogen-bond acceptors (Lipinski definition) is 1. The van der Waals surface area contributed by atoms with Gasteiger partial charge in [-0.2, -0.15) is 0 Å². The summed E-state index contributed by atoms with van der Waals surface area (Å²) in [5, 5.41) is 9.65. The van der Waals surface area contributed by atoms with E-state index in [2.05, 4.69) is 13.0 Å². The Morgan fingerprint density at radius 2 is 2.09 bits per heavy atom. The second kappa shape index (κ2) is 2.35. The summed E-state index contributed by atoms with van der Waals surface area (Å²) in [5.41, 5.74) is 2.44. The fraction of sp³-hybridized carbons (Fsp3) is 0.400. The van der Waals surface area contributed by atoms with Crippen molar-refractivity contribution in [2.45, 2.75) is 19.4 Å². The van der Waals surface area contributed by atoms with Gasteiger partial charge in [-0.3, -0.25) is 0 Å². The van der Waals surface area contributed by atoms with E-state index in [4.69, 9.17) is 0 Å². The van der Waals surface area contributed by atoms with Gasteiger partial charge in [0.05, 0.1) is 6.10 Å². The molecule has 1 heteroatoms. The Kier molecular flexibility index (Phi) is 1.46. The largest absolute Gasteiger partial charge is 0.388 e. The lowest BCUT2D eigenvalue weighted by Gasteiger charge is -2.07. The van der Waals surface area contributed by atoms with Crippen LogP contribution in [0.3, 0.4) is 0 Å².